The van der Waals surface area contributed by atoms with Crippen LogP contribution >= 0.6 is 12.2 Å². The second-order valence-electron chi connectivity index (χ2n) is 8.38. The molecule has 4 aromatic rings. The number of nitrogens with one attached hydrogen (secondary N) is 2. The van der Waals surface area contributed by atoms with E-state index in [0.717, 1.165) is 52.4 Å². The highest BCUT2D eigenvalue weighted by atomic mass is 32.1. The van der Waals surface area contributed by atoms with Crippen LogP contribution in [0.5, 0.6) is 5.75 Å². The maximum Gasteiger partial charge on any atom is 0.250 e. The summed E-state index contributed by atoms with van der Waals surface area (Å²) in [6.07, 6.45) is 3.14. The van der Waals surface area contributed by atoms with Crippen LogP contribution in [0.3, 0.4) is 0 Å². The zero-order valence-corrected chi connectivity index (χ0v) is 22.2. The molecule has 0 unspecified atom stereocenters. The first-order valence-electron chi connectivity index (χ1n) is 12.1. The minimum Gasteiger partial charge on any atom is -0.497 e. The van der Waals surface area contributed by atoms with Gasteiger partial charge in [-0.3, -0.25) is 10.1 Å². The van der Waals surface area contributed by atoms with Crippen LogP contribution in [-0.2, 0) is 4.79 Å². The first-order chi connectivity index (χ1) is 17.9. The number of thiocarbonyl (C=S) groups is 1. The summed E-state index contributed by atoms with van der Waals surface area (Å²) in [6, 6.07) is 19.4. The Hall–Kier alpha value is -4.24. The molecule has 0 aliphatic carbocycles. The molecule has 0 fully saturated rings. The van der Waals surface area contributed by atoms with Crippen molar-refractivity contribution in [3.8, 4) is 11.4 Å². The van der Waals surface area contributed by atoms with E-state index in [1.807, 2.05) is 55.5 Å². The molecule has 8 nitrogen and oxygen atoms in total. The summed E-state index contributed by atoms with van der Waals surface area (Å²) in [5, 5.41) is 15.3. The van der Waals surface area contributed by atoms with Gasteiger partial charge in [0.2, 0.25) is 5.91 Å². The average molecular weight is 515 g/mol. The van der Waals surface area contributed by atoms with E-state index in [0.29, 0.717) is 0 Å². The van der Waals surface area contributed by atoms with Crippen LogP contribution in [-0.4, -0.2) is 46.2 Å². The molecule has 190 valence electrons. The first kappa shape index (κ1) is 25.8. The number of aromatic nitrogens is 3. The maximum atomic E-state index is 12.3. The molecule has 3 aromatic carbocycles. The number of benzene rings is 3. The lowest BCUT2D eigenvalue weighted by atomic mass is 10.2. The Labute approximate surface area is 221 Å². The Kier molecular flexibility index (Phi) is 8.15. The number of anilines is 2. The Bertz CT molecular complexity index is 1420. The molecule has 4 rings (SSSR count). The number of methoxy groups -OCH3 is 1. The van der Waals surface area contributed by atoms with Crippen LogP contribution < -0.4 is 20.3 Å². The molecule has 0 saturated carbocycles. The number of amides is 1. The molecule has 1 amide bonds. The van der Waals surface area contributed by atoms with Gasteiger partial charge in [0.15, 0.2) is 5.11 Å². The number of hydrogen-bond donors (Lipinski definition) is 2. The molecule has 1 aromatic heterocycles. The summed E-state index contributed by atoms with van der Waals surface area (Å²) in [5.74, 6) is 0.429. The topological polar surface area (TPSA) is 84.3 Å². The van der Waals surface area contributed by atoms with Gasteiger partial charge in [-0.2, -0.15) is 4.80 Å². The van der Waals surface area contributed by atoms with Gasteiger partial charge in [-0.05, 0) is 98.7 Å². The van der Waals surface area contributed by atoms with Gasteiger partial charge in [0, 0.05) is 30.5 Å². The summed E-state index contributed by atoms with van der Waals surface area (Å²) < 4.78 is 5.14. The van der Waals surface area contributed by atoms with Gasteiger partial charge in [-0.15, -0.1) is 10.2 Å². The molecule has 0 spiro atoms. The molecule has 37 heavy (non-hydrogen) atoms. The van der Waals surface area contributed by atoms with Crippen molar-refractivity contribution in [3.63, 3.8) is 0 Å². The van der Waals surface area contributed by atoms with Gasteiger partial charge in [-0.1, -0.05) is 12.1 Å². The van der Waals surface area contributed by atoms with Crippen molar-refractivity contribution in [2.45, 2.75) is 20.8 Å². The fourth-order valence-corrected chi connectivity index (χ4v) is 4.11. The smallest absolute Gasteiger partial charge is 0.250 e. The number of aryl methyl sites for hydroxylation is 1. The Morgan fingerprint density at radius 3 is 2.30 bits per heavy atom. The van der Waals surface area contributed by atoms with E-state index in [1.54, 1.807) is 18.0 Å². The van der Waals surface area contributed by atoms with Crippen molar-refractivity contribution in [3.05, 3.63) is 77.9 Å². The second kappa shape index (κ2) is 11.7. The van der Waals surface area contributed by atoms with Crippen molar-refractivity contribution in [1.29, 1.82) is 0 Å². The van der Waals surface area contributed by atoms with Crippen LogP contribution in [0.4, 0.5) is 11.4 Å². The summed E-state index contributed by atoms with van der Waals surface area (Å²) in [7, 11) is 1.61. The average Bonchev–Trinajstić information content (AvgIpc) is 3.31. The van der Waals surface area contributed by atoms with Crippen molar-refractivity contribution in [2.24, 2.45) is 0 Å². The minimum absolute atomic E-state index is 0.200. The number of hydrogen-bond acceptors (Lipinski definition) is 6. The van der Waals surface area contributed by atoms with Crippen molar-refractivity contribution >= 4 is 51.7 Å². The van der Waals surface area contributed by atoms with E-state index in [-0.39, 0.29) is 11.0 Å². The van der Waals surface area contributed by atoms with Crippen molar-refractivity contribution in [2.75, 3.05) is 30.4 Å². The second-order valence-corrected chi connectivity index (χ2v) is 8.79. The fraction of sp³-hybridized carbons (Fsp3) is 0.214. The third kappa shape index (κ3) is 6.31. The zero-order chi connectivity index (χ0) is 26.4. The molecule has 0 bridgehead atoms. The van der Waals surface area contributed by atoms with E-state index in [4.69, 9.17) is 17.0 Å². The van der Waals surface area contributed by atoms with Gasteiger partial charge >= 0.3 is 0 Å². The molecule has 0 aliphatic heterocycles. The van der Waals surface area contributed by atoms with Crippen LogP contribution in [0.2, 0.25) is 0 Å². The molecule has 0 atom stereocenters. The predicted molar refractivity (Wildman–Crippen MR) is 154 cm³/mol. The van der Waals surface area contributed by atoms with Crippen LogP contribution in [0, 0.1) is 6.92 Å². The van der Waals surface area contributed by atoms with Gasteiger partial charge in [-0.25, -0.2) is 0 Å². The molecule has 0 aliphatic rings. The third-order valence-electron chi connectivity index (χ3n) is 5.96. The molecule has 0 radical (unpaired) electrons. The highest BCUT2D eigenvalue weighted by Gasteiger charge is 2.11. The third-order valence-corrected chi connectivity index (χ3v) is 6.17. The molecule has 9 heteroatoms. The van der Waals surface area contributed by atoms with Crippen LogP contribution in [0.1, 0.15) is 25.0 Å². The number of ether oxygens (including phenoxy) is 1. The largest absolute Gasteiger partial charge is 0.497 e. The zero-order valence-electron chi connectivity index (χ0n) is 21.4. The van der Waals surface area contributed by atoms with Crippen LogP contribution in [0.25, 0.3) is 22.8 Å². The number of rotatable bonds is 8. The normalized spacial score (nSPS) is 11.0. The fourth-order valence-electron chi connectivity index (χ4n) is 3.90. The number of nitrogens with zero attached hydrogens (tertiary/aromatic N) is 4. The van der Waals surface area contributed by atoms with E-state index < -0.39 is 0 Å². The Balaban J connectivity index is 1.43. The lowest BCUT2D eigenvalue weighted by Crippen LogP contribution is -2.33. The van der Waals surface area contributed by atoms with E-state index in [1.165, 1.54) is 11.8 Å². The molecular formula is C28H30N6O2S. The Morgan fingerprint density at radius 2 is 1.68 bits per heavy atom. The Morgan fingerprint density at radius 1 is 1.03 bits per heavy atom. The number of carbonyl (C=O) groups is 1. The van der Waals surface area contributed by atoms with Crippen LogP contribution in [0.15, 0.2) is 66.7 Å². The van der Waals surface area contributed by atoms with Gasteiger partial charge < -0.3 is 15.0 Å². The quantitative estimate of drug-likeness (QED) is 0.250. The van der Waals surface area contributed by atoms with E-state index in [9.17, 15) is 4.79 Å². The lowest BCUT2D eigenvalue weighted by molar-refractivity contribution is -0.115. The molecule has 2 N–H and O–H groups in total. The van der Waals surface area contributed by atoms with Crippen molar-refractivity contribution in [1.82, 2.24) is 20.3 Å². The highest BCUT2D eigenvalue weighted by Crippen LogP contribution is 2.23. The lowest BCUT2D eigenvalue weighted by Gasteiger charge is -2.20. The predicted octanol–water partition coefficient (Wildman–Crippen LogP) is 5.11. The summed E-state index contributed by atoms with van der Waals surface area (Å²) in [5.41, 5.74) is 6.10. The van der Waals surface area contributed by atoms with E-state index >= 15 is 0 Å². The van der Waals surface area contributed by atoms with Gasteiger partial charge in [0.05, 0.1) is 12.8 Å². The monoisotopic (exact) mass is 514 g/mol. The summed E-state index contributed by atoms with van der Waals surface area (Å²) in [6.45, 7) is 8.15. The molecule has 1 heterocycles. The number of carbonyl (C=O) groups excluding carboxylic acids is 1. The highest BCUT2D eigenvalue weighted by molar-refractivity contribution is 7.80. The maximum absolute atomic E-state index is 12.3. The SMILES string of the molecule is CCN(CC)c1ccc(-n2nc3cc(C)c(NC(=S)NC(=O)/C=C/c4ccc(OC)cc4)cc3n2)cc1. The number of fused-ring (bicyclic) bond motifs is 1. The summed E-state index contributed by atoms with van der Waals surface area (Å²) >= 11 is 5.35. The molecular weight excluding hydrogens is 484 g/mol. The standard InChI is InChI=1S/C28H30N6O2S/c1-5-33(6-2)21-10-12-22(13-11-21)34-31-25-17-19(3)24(18-26(25)32-34)29-28(37)30-27(35)16-9-20-7-14-23(36-4)15-8-20/h7-18H,5-6H2,1-4H3,(H2,29,30,35,37)/b16-9+. The van der Waals surface area contributed by atoms with Gasteiger partial charge in [0.1, 0.15) is 16.8 Å². The minimum atomic E-state index is -0.328. The summed E-state index contributed by atoms with van der Waals surface area (Å²) in [4.78, 5) is 16.2. The van der Waals surface area contributed by atoms with Gasteiger partial charge in [0.25, 0.3) is 0 Å². The molecule has 0 saturated heterocycles. The van der Waals surface area contributed by atoms with E-state index in [2.05, 4.69) is 51.7 Å². The van der Waals surface area contributed by atoms with Crippen molar-refractivity contribution < 1.29 is 9.53 Å². The first-order valence-corrected chi connectivity index (χ1v) is 12.5.